The number of aromatic nitrogens is 1. The molecular formula is C25H26FN3O2. The molecule has 2 aromatic carbocycles. The van der Waals surface area contributed by atoms with Crippen LogP contribution in [0.3, 0.4) is 0 Å². The fourth-order valence-electron chi connectivity index (χ4n) is 5.44. The standard InChI is InChI=1S/C25H26FN3O2/c1-16-4-9-20-18(14-16)15-21(28(20)2)24(31)29-13-3-11-25(12-10-22(30)27-25)23(29)17-5-7-19(26)8-6-17/h4-9,14-15,23H,3,10-13H2,1-2H3,(H,27,30)/t23-,25+/m1/s1. The van der Waals surface area contributed by atoms with E-state index >= 15 is 0 Å². The first kappa shape index (κ1) is 19.8. The van der Waals surface area contributed by atoms with Gasteiger partial charge < -0.3 is 14.8 Å². The molecule has 2 aliphatic heterocycles. The summed E-state index contributed by atoms with van der Waals surface area (Å²) in [5, 5.41) is 4.22. The van der Waals surface area contributed by atoms with Crippen LogP contribution in [0.5, 0.6) is 0 Å². The third-order valence-electron chi connectivity index (χ3n) is 6.91. The Bertz CT molecular complexity index is 1180. The average molecular weight is 420 g/mol. The number of amides is 2. The monoisotopic (exact) mass is 419 g/mol. The molecule has 0 radical (unpaired) electrons. The van der Waals surface area contributed by atoms with Gasteiger partial charge in [0.25, 0.3) is 5.91 Å². The van der Waals surface area contributed by atoms with Crippen LogP contribution in [0.25, 0.3) is 10.9 Å². The van der Waals surface area contributed by atoms with Crippen molar-refractivity contribution >= 4 is 22.7 Å². The molecule has 160 valence electrons. The fourth-order valence-corrected chi connectivity index (χ4v) is 5.44. The number of piperidine rings is 1. The molecular weight excluding hydrogens is 393 g/mol. The van der Waals surface area contributed by atoms with Crippen molar-refractivity contribution < 1.29 is 14.0 Å². The van der Waals surface area contributed by atoms with E-state index in [1.807, 2.05) is 41.6 Å². The van der Waals surface area contributed by atoms with Gasteiger partial charge in [0.15, 0.2) is 0 Å². The second-order valence-electron chi connectivity index (χ2n) is 8.91. The molecule has 1 spiro atoms. The van der Waals surface area contributed by atoms with E-state index in [1.165, 1.54) is 12.1 Å². The summed E-state index contributed by atoms with van der Waals surface area (Å²) in [4.78, 5) is 28.0. The Morgan fingerprint density at radius 2 is 1.90 bits per heavy atom. The second-order valence-corrected chi connectivity index (χ2v) is 8.91. The number of nitrogens with one attached hydrogen (secondary N) is 1. The predicted molar refractivity (Wildman–Crippen MR) is 117 cm³/mol. The van der Waals surface area contributed by atoms with E-state index in [0.29, 0.717) is 25.1 Å². The van der Waals surface area contributed by atoms with Crippen LogP contribution in [0, 0.1) is 12.7 Å². The minimum atomic E-state index is -0.510. The van der Waals surface area contributed by atoms with Crippen molar-refractivity contribution in [3.8, 4) is 0 Å². The van der Waals surface area contributed by atoms with Gasteiger partial charge >= 0.3 is 0 Å². The molecule has 2 aliphatic rings. The molecule has 2 fully saturated rings. The van der Waals surface area contributed by atoms with Crippen LogP contribution in [0.4, 0.5) is 4.39 Å². The Kier molecular flexibility index (Phi) is 4.61. The highest BCUT2D eigenvalue weighted by Gasteiger charge is 2.51. The minimum Gasteiger partial charge on any atom is -0.348 e. The number of hydrogen-bond donors (Lipinski definition) is 1. The van der Waals surface area contributed by atoms with E-state index in [4.69, 9.17) is 0 Å². The van der Waals surface area contributed by atoms with E-state index in [1.54, 1.807) is 12.1 Å². The maximum Gasteiger partial charge on any atom is 0.271 e. The van der Waals surface area contributed by atoms with Crippen LogP contribution < -0.4 is 5.32 Å². The topological polar surface area (TPSA) is 54.3 Å². The number of aryl methyl sites for hydroxylation is 2. The summed E-state index contributed by atoms with van der Waals surface area (Å²) in [6, 6.07) is 14.1. The van der Waals surface area contributed by atoms with E-state index in [2.05, 4.69) is 11.4 Å². The Morgan fingerprint density at radius 3 is 2.61 bits per heavy atom. The number of nitrogens with zero attached hydrogens (tertiary/aromatic N) is 2. The van der Waals surface area contributed by atoms with Crippen LogP contribution in [-0.4, -0.2) is 33.4 Å². The number of halogens is 1. The third-order valence-corrected chi connectivity index (χ3v) is 6.91. The van der Waals surface area contributed by atoms with Crippen LogP contribution in [0.2, 0.25) is 0 Å². The lowest BCUT2D eigenvalue weighted by atomic mass is 9.76. The number of rotatable bonds is 2. The Balaban J connectivity index is 1.60. The highest BCUT2D eigenvalue weighted by Crippen LogP contribution is 2.45. The largest absolute Gasteiger partial charge is 0.348 e. The Hall–Kier alpha value is -3.15. The second kappa shape index (κ2) is 7.22. The molecule has 5 nitrogen and oxygen atoms in total. The molecule has 1 aromatic heterocycles. The molecule has 6 heteroatoms. The van der Waals surface area contributed by atoms with Gasteiger partial charge in [0.05, 0.1) is 11.6 Å². The Labute approximate surface area is 180 Å². The summed E-state index contributed by atoms with van der Waals surface area (Å²) < 4.78 is 15.6. The van der Waals surface area contributed by atoms with Gasteiger partial charge in [0, 0.05) is 30.9 Å². The summed E-state index contributed by atoms with van der Waals surface area (Å²) in [7, 11) is 1.91. The Morgan fingerprint density at radius 1 is 1.13 bits per heavy atom. The number of benzene rings is 2. The van der Waals surface area contributed by atoms with Crippen molar-refractivity contribution in [2.45, 2.75) is 44.2 Å². The minimum absolute atomic E-state index is 0.0153. The fraction of sp³-hybridized carbons (Fsp3) is 0.360. The van der Waals surface area contributed by atoms with E-state index in [9.17, 15) is 14.0 Å². The van der Waals surface area contributed by atoms with Gasteiger partial charge in [0.2, 0.25) is 5.91 Å². The number of likely N-dealkylation sites (tertiary alicyclic amines) is 1. The maximum absolute atomic E-state index is 13.9. The molecule has 2 atom stereocenters. The molecule has 0 saturated carbocycles. The zero-order valence-corrected chi connectivity index (χ0v) is 17.8. The molecule has 3 heterocycles. The van der Waals surface area contributed by atoms with Crippen molar-refractivity contribution in [3.05, 3.63) is 71.2 Å². The first-order valence-electron chi connectivity index (χ1n) is 10.8. The number of fused-ring (bicyclic) bond motifs is 1. The van der Waals surface area contributed by atoms with Crippen molar-refractivity contribution in [1.29, 1.82) is 0 Å². The van der Waals surface area contributed by atoms with Crippen LogP contribution in [-0.2, 0) is 11.8 Å². The summed E-state index contributed by atoms with van der Waals surface area (Å²) in [5.74, 6) is -0.363. The molecule has 1 N–H and O–H groups in total. The predicted octanol–water partition coefficient (Wildman–Crippen LogP) is 4.25. The van der Waals surface area contributed by atoms with E-state index in [-0.39, 0.29) is 23.7 Å². The van der Waals surface area contributed by atoms with Crippen LogP contribution >= 0.6 is 0 Å². The van der Waals surface area contributed by atoms with Crippen molar-refractivity contribution in [2.24, 2.45) is 7.05 Å². The van der Waals surface area contributed by atoms with Gasteiger partial charge in [-0.1, -0.05) is 23.8 Å². The lowest BCUT2D eigenvalue weighted by molar-refractivity contribution is -0.120. The highest BCUT2D eigenvalue weighted by molar-refractivity contribution is 5.99. The van der Waals surface area contributed by atoms with Gasteiger partial charge in [-0.15, -0.1) is 0 Å². The number of carbonyl (C=O) groups excluding carboxylic acids is 2. The summed E-state index contributed by atoms with van der Waals surface area (Å²) in [6.45, 7) is 2.63. The molecule has 5 rings (SSSR count). The molecule has 0 unspecified atom stereocenters. The SMILES string of the molecule is Cc1ccc2c(c1)cc(C(=O)N1CCC[C@]3(CCC(=O)N3)[C@H]1c1ccc(F)cc1)n2C. The average Bonchev–Trinajstić information content (AvgIpc) is 3.28. The number of hydrogen-bond acceptors (Lipinski definition) is 2. The lowest BCUT2D eigenvalue weighted by Gasteiger charge is -2.48. The zero-order chi connectivity index (χ0) is 21.8. The van der Waals surface area contributed by atoms with Crippen molar-refractivity contribution in [3.63, 3.8) is 0 Å². The number of carbonyl (C=O) groups is 2. The summed E-state index contributed by atoms with van der Waals surface area (Å²) in [6.07, 6.45) is 2.74. The van der Waals surface area contributed by atoms with Crippen LogP contribution in [0.15, 0.2) is 48.5 Å². The molecule has 3 aromatic rings. The van der Waals surface area contributed by atoms with Crippen molar-refractivity contribution in [2.75, 3.05) is 6.54 Å². The molecule has 2 amide bonds. The molecule has 31 heavy (non-hydrogen) atoms. The van der Waals surface area contributed by atoms with Gasteiger partial charge in [-0.05, 0) is 62.1 Å². The van der Waals surface area contributed by atoms with Gasteiger partial charge in [0.1, 0.15) is 11.5 Å². The zero-order valence-electron chi connectivity index (χ0n) is 17.8. The van der Waals surface area contributed by atoms with E-state index in [0.717, 1.165) is 34.9 Å². The maximum atomic E-state index is 13.9. The quantitative estimate of drug-likeness (QED) is 0.675. The summed E-state index contributed by atoms with van der Waals surface area (Å²) >= 11 is 0. The molecule has 0 bridgehead atoms. The third kappa shape index (κ3) is 3.21. The smallest absolute Gasteiger partial charge is 0.271 e. The molecule has 2 saturated heterocycles. The lowest BCUT2D eigenvalue weighted by Crippen LogP contribution is -2.58. The summed E-state index contributed by atoms with van der Waals surface area (Å²) in [5.41, 5.74) is 3.12. The van der Waals surface area contributed by atoms with Gasteiger partial charge in [-0.25, -0.2) is 4.39 Å². The van der Waals surface area contributed by atoms with E-state index < -0.39 is 5.54 Å². The molecule has 0 aliphatic carbocycles. The van der Waals surface area contributed by atoms with Crippen molar-refractivity contribution in [1.82, 2.24) is 14.8 Å². The van der Waals surface area contributed by atoms with Gasteiger partial charge in [-0.3, -0.25) is 9.59 Å². The first-order chi connectivity index (χ1) is 14.9. The van der Waals surface area contributed by atoms with Crippen LogP contribution in [0.1, 0.15) is 53.3 Å². The highest BCUT2D eigenvalue weighted by atomic mass is 19.1. The normalized spacial score (nSPS) is 23.5. The van der Waals surface area contributed by atoms with Gasteiger partial charge in [-0.2, -0.15) is 0 Å². The first-order valence-corrected chi connectivity index (χ1v) is 10.8.